The monoisotopic (exact) mass is 387 g/mol. The minimum Gasteiger partial charge on any atom is -0.481 e. The first-order valence-corrected chi connectivity index (χ1v) is 9.00. The summed E-state index contributed by atoms with van der Waals surface area (Å²) in [5.41, 5.74) is 2.58. The summed E-state index contributed by atoms with van der Waals surface area (Å²) in [5, 5.41) is 8.78. The predicted octanol–water partition coefficient (Wildman–Crippen LogP) is 4.17. The Kier molecular flexibility index (Phi) is 5.49. The van der Waals surface area contributed by atoms with Crippen molar-refractivity contribution in [3.8, 4) is 11.1 Å². The largest absolute Gasteiger partial charge is 0.481 e. The quantitative estimate of drug-likeness (QED) is 0.616. The first-order chi connectivity index (χ1) is 12.4. The number of nitrogens with zero attached hydrogens (tertiary/aromatic N) is 1. The van der Waals surface area contributed by atoms with E-state index in [2.05, 4.69) is 0 Å². The van der Waals surface area contributed by atoms with Crippen LogP contribution in [-0.4, -0.2) is 32.7 Å². The third-order valence-electron chi connectivity index (χ3n) is 3.78. The van der Waals surface area contributed by atoms with Crippen molar-refractivity contribution < 1.29 is 19.1 Å². The molecule has 1 heterocycles. The summed E-state index contributed by atoms with van der Waals surface area (Å²) < 4.78 is 13.4. The molecule has 1 fully saturated rings. The lowest BCUT2D eigenvalue weighted by molar-refractivity contribution is -0.137. The number of thioether (sulfide) groups is 1. The van der Waals surface area contributed by atoms with Gasteiger partial charge >= 0.3 is 5.97 Å². The topological polar surface area (TPSA) is 57.6 Å². The molecule has 7 heteroatoms. The average Bonchev–Trinajstić information content (AvgIpc) is 2.87. The van der Waals surface area contributed by atoms with E-state index >= 15 is 0 Å². The smallest absolute Gasteiger partial charge is 0.305 e. The molecule has 0 spiro atoms. The zero-order chi connectivity index (χ0) is 18.7. The Morgan fingerprint density at radius 2 is 1.92 bits per heavy atom. The summed E-state index contributed by atoms with van der Waals surface area (Å²) in [4.78, 5) is 24.9. The molecule has 2 aromatic rings. The van der Waals surface area contributed by atoms with Gasteiger partial charge in [-0.15, -0.1) is 0 Å². The highest BCUT2D eigenvalue weighted by Gasteiger charge is 2.32. The van der Waals surface area contributed by atoms with Crippen LogP contribution in [0.2, 0.25) is 0 Å². The fourth-order valence-corrected chi connectivity index (χ4v) is 3.81. The molecule has 2 aromatic carbocycles. The summed E-state index contributed by atoms with van der Waals surface area (Å²) in [5.74, 6) is -1.56. The third-order valence-corrected chi connectivity index (χ3v) is 5.16. The molecule has 0 bridgehead atoms. The van der Waals surface area contributed by atoms with Crippen LogP contribution in [0.15, 0.2) is 53.4 Å². The van der Waals surface area contributed by atoms with Gasteiger partial charge in [-0.2, -0.15) is 0 Å². The number of hydrogen-bond acceptors (Lipinski definition) is 4. The summed E-state index contributed by atoms with van der Waals surface area (Å²) >= 11 is 6.33. The van der Waals surface area contributed by atoms with Crippen LogP contribution in [0.1, 0.15) is 12.0 Å². The van der Waals surface area contributed by atoms with Crippen molar-refractivity contribution in [2.24, 2.45) is 0 Å². The normalized spacial score (nSPS) is 15.7. The predicted molar refractivity (Wildman–Crippen MR) is 104 cm³/mol. The van der Waals surface area contributed by atoms with Crippen molar-refractivity contribution in [1.29, 1.82) is 0 Å². The molecule has 0 unspecified atom stereocenters. The van der Waals surface area contributed by atoms with E-state index in [1.807, 2.05) is 24.3 Å². The molecule has 0 aromatic heterocycles. The van der Waals surface area contributed by atoms with E-state index in [1.54, 1.807) is 18.2 Å². The second kappa shape index (κ2) is 7.80. The number of carbonyl (C=O) groups is 2. The van der Waals surface area contributed by atoms with Gasteiger partial charge in [0.25, 0.3) is 5.91 Å². The molecule has 1 aliphatic rings. The average molecular weight is 387 g/mol. The number of aliphatic carboxylic acids is 1. The number of carbonyl (C=O) groups excluding carboxylic acids is 1. The van der Waals surface area contributed by atoms with Gasteiger partial charge in [-0.05, 0) is 41.0 Å². The molecule has 1 saturated heterocycles. The van der Waals surface area contributed by atoms with Crippen LogP contribution in [0, 0.1) is 5.82 Å². The van der Waals surface area contributed by atoms with Gasteiger partial charge < -0.3 is 5.11 Å². The SMILES string of the molecule is O=C(O)CCN1C(=O)/C(=C/c2cccc(-c3ccc(F)cc3)c2)SC1=S. The Labute approximate surface area is 159 Å². The van der Waals surface area contributed by atoms with Crippen LogP contribution in [-0.2, 0) is 9.59 Å². The van der Waals surface area contributed by atoms with E-state index < -0.39 is 5.97 Å². The zero-order valence-electron chi connectivity index (χ0n) is 13.5. The molecule has 132 valence electrons. The maximum absolute atomic E-state index is 13.1. The number of hydrogen-bond donors (Lipinski definition) is 1. The fourth-order valence-electron chi connectivity index (χ4n) is 2.50. The highest BCUT2D eigenvalue weighted by molar-refractivity contribution is 8.26. The Hall–Kier alpha value is -2.51. The minimum absolute atomic E-state index is 0.0625. The highest BCUT2D eigenvalue weighted by atomic mass is 32.2. The molecule has 26 heavy (non-hydrogen) atoms. The Bertz CT molecular complexity index is 909. The van der Waals surface area contributed by atoms with E-state index in [4.69, 9.17) is 17.3 Å². The van der Waals surface area contributed by atoms with Gasteiger partial charge in [0.05, 0.1) is 11.3 Å². The maximum atomic E-state index is 13.1. The van der Waals surface area contributed by atoms with Crippen LogP contribution in [0.25, 0.3) is 17.2 Å². The van der Waals surface area contributed by atoms with Crippen LogP contribution >= 0.6 is 24.0 Å². The molecular weight excluding hydrogens is 373 g/mol. The van der Waals surface area contributed by atoms with Gasteiger partial charge in [-0.25, -0.2) is 4.39 Å². The molecular formula is C19H14FNO3S2. The van der Waals surface area contributed by atoms with Crippen molar-refractivity contribution in [2.75, 3.05) is 6.54 Å². The first kappa shape index (κ1) is 18.3. The summed E-state index contributed by atoms with van der Waals surface area (Å²) in [6, 6.07) is 13.7. The van der Waals surface area contributed by atoms with Crippen molar-refractivity contribution in [3.63, 3.8) is 0 Å². The van der Waals surface area contributed by atoms with E-state index in [0.717, 1.165) is 28.5 Å². The summed E-state index contributed by atoms with van der Waals surface area (Å²) in [7, 11) is 0. The second-order valence-electron chi connectivity index (χ2n) is 5.61. The molecule has 0 atom stereocenters. The van der Waals surface area contributed by atoms with Gasteiger partial charge in [0, 0.05) is 6.54 Å². The van der Waals surface area contributed by atoms with Crippen molar-refractivity contribution in [1.82, 2.24) is 4.90 Å². The number of carboxylic acids is 1. The van der Waals surface area contributed by atoms with Crippen molar-refractivity contribution in [3.05, 3.63) is 64.8 Å². The number of rotatable bonds is 5. The number of halogens is 1. The molecule has 1 N–H and O–H groups in total. The number of benzene rings is 2. The van der Waals surface area contributed by atoms with Gasteiger partial charge in [-0.1, -0.05) is 54.3 Å². The molecule has 3 rings (SSSR count). The molecule has 0 aliphatic carbocycles. The van der Waals surface area contributed by atoms with Crippen molar-refractivity contribution >= 4 is 46.3 Å². The van der Waals surface area contributed by atoms with Gasteiger partial charge in [0.2, 0.25) is 0 Å². The lowest BCUT2D eigenvalue weighted by Crippen LogP contribution is -2.30. The standard InChI is InChI=1S/C19H14FNO3S2/c20-15-6-4-13(5-7-15)14-3-1-2-12(10-14)11-16-18(24)21(19(25)26-16)9-8-17(22)23/h1-7,10-11H,8-9H2,(H,22,23)/b16-11-. The third kappa shape index (κ3) is 4.17. The minimum atomic E-state index is -0.977. The molecule has 1 amide bonds. The highest BCUT2D eigenvalue weighted by Crippen LogP contribution is 2.33. The molecule has 0 radical (unpaired) electrons. The van der Waals surface area contributed by atoms with Gasteiger partial charge in [-0.3, -0.25) is 14.5 Å². The Morgan fingerprint density at radius 1 is 1.19 bits per heavy atom. The van der Waals surface area contributed by atoms with Crippen LogP contribution in [0.5, 0.6) is 0 Å². The van der Waals surface area contributed by atoms with Crippen LogP contribution in [0.3, 0.4) is 0 Å². The number of thiocarbonyl (C=S) groups is 1. The zero-order valence-corrected chi connectivity index (χ0v) is 15.1. The maximum Gasteiger partial charge on any atom is 0.305 e. The summed E-state index contributed by atoms with van der Waals surface area (Å²) in [6.45, 7) is 0.0625. The lowest BCUT2D eigenvalue weighted by Gasteiger charge is -2.12. The Balaban J connectivity index is 1.83. The second-order valence-corrected chi connectivity index (χ2v) is 7.29. The van der Waals surface area contributed by atoms with Gasteiger partial charge in [0.15, 0.2) is 0 Å². The van der Waals surface area contributed by atoms with Gasteiger partial charge in [0.1, 0.15) is 10.1 Å². The van der Waals surface area contributed by atoms with Crippen LogP contribution < -0.4 is 0 Å². The van der Waals surface area contributed by atoms with E-state index in [1.165, 1.54) is 17.0 Å². The van der Waals surface area contributed by atoms with E-state index in [9.17, 15) is 14.0 Å². The van der Waals surface area contributed by atoms with E-state index in [-0.39, 0.29) is 24.7 Å². The number of amides is 1. The first-order valence-electron chi connectivity index (χ1n) is 7.77. The Morgan fingerprint density at radius 3 is 2.62 bits per heavy atom. The lowest BCUT2D eigenvalue weighted by atomic mass is 10.0. The summed E-state index contributed by atoms with van der Waals surface area (Å²) in [6.07, 6.45) is 1.58. The van der Waals surface area contributed by atoms with Crippen molar-refractivity contribution in [2.45, 2.75) is 6.42 Å². The molecule has 0 saturated carbocycles. The van der Waals surface area contributed by atoms with E-state index in [0.29, 0.717) is 9.23 Å². The van der Waals surface area contributed by atoms with Crippen LogP contribution in [0.4, 0.5) is 4.39 Å². The molecule has 1 aliphatic heterocycles. The number of carboxylic acid groups (broad SMARTS) is 1. The fraction of sp³-hybridized carbons (Fsp3) is 0.105. The molecule has 4 nitrogen and oxygen atoms in total.